The van der Waals surface area contributed by atoms with Gasteiger partial charge in [-0.25, -0.2) is 8.78 Å². The number of fused-ring (bicyclic) bond motifs is 5. The highest BCUT2D eigenvalue weighted by molar-refractivity contribution is 5.99. The van der Waals surface area contributed by atoms with Crippen LogP contribution in [0.5, 0.6) is 5.75 Å². The number of amides is 2. The first kappa shape index (κ1) is 23.8. The number of hydrogen-bond donors (Lipinski definition) is 2. The second-order valence-corrected chi connectivity index (χ2v) is 9.28. The van der Waals surface area contributed by atoms with Crippen LogP contribution in [-0.2, 0) is 16.1 Å². The van der Waals surface area contributed by atoms with Gasteiger partial charge in [-0.3, -0.25) is 14.4 Å². The van der Waals surface area contributed by atoms with E-state index < -0.39 is 51.8 Å². The SMILES string of the molecule is COC1=NO[C@@]2(CCC(C)N3C[C@H]2n2cc(C(=O)NCc4ccc(F)cc4F)c(=O)c(O)c2C3=O)C1. The maximum absolute atomic E-state index is 14.0. The lowest BCUT2D eigenvalue weighted by Gasteiger charge is -2.41. The Morgan fingerprint density at radius 2 is 2.14 bits per heavy atom. The van der Waals surface area contributed by atoms with Gasteiger partial charge in [-0.1, -0.05) is 11.2 Å². The lowest BCUT2D eigenvalue weighted by molar-refractivity contribution is -0.0655. The van der Waals surface area contributed by atoms with Gasteiger partial charge in [-0.15, -0.1) is 0 Å². The number of nitrogens with zero attached hydrogens (tertiary/aromatic N) is 3. The van der Waals surface area contributed by atoms with Crippen molar-refractivity contribution in [2.45, 2.75) is 50.4 Å². The van der Waals surface area contributed by atoms with E-state index in [1.165, 1.54) is 23.9 Å². The number of aromatic nitrogens is 1. The second kappa shape index (κ2) is 8.61. The topological polar surface area (TPSA) is 122 Å². The molecule has 0 aliphatic carbocycles. The Morgan fingerprint density at radius 1 is 1.36 bits per heavy atom. The summed E-state index contributed by atoms with van der Waals surface area (Å²) >= 11 is 0. The van der Waals surface area contributed by atoms with E-state index in [1.54, 1.807) is 4.90 Å². The summed E-state index contributed by atoms with van der Waals surface area (Å²) in [5.41, 5.74) is -2.61. The molecule has 0 radical (unpaired) electrons. The monoisotopic (exact) mass is 502 g/mol. The number of benzene rings is 1. The molecule has 3 aliphatic heterocycles. The Hall–Kier alpha value is -3.96. The van der Waals surface area contributed by atoms with Gasteiger partial charge in [0.2, 0.25) is 11.3 Å². The summed E-state index contributed by atoms with van der Waals surface area (Å²) in [5, 5.41) is 17.3. The molecule has 2 aromatic rings. The summed E-state index contributed by atoms with van der Waals surface area (Å²) in [7, 11) is 1.47. The number of oxime groups is 1. The van der Waals surface area contributed by atoms with Gasteiger partial charge in [0.1, 0.15) is 17.2 Å². The Labute approximate surface area is 204 Å². The molecule has 36 heavy (non-hydrogen) atoms. The number of nitrogens with one attached hydrogen (secondary N) is 1. The molecule has 2 bridgehead atoms. The Kier molecular flexibility index (Phi) is 5.68. The minimum Gasteiger partial charge on any atom is -0.503 e. The molecular weight excluding hydrogens is 478 g/mol. The average Bonchev–Trinajstić information content (AvgIpc) is 3.23. The molecule has 1 fully saturated rings. The fourth-order valence-corrected chi connectivity index (χ4v) is 5.13. The summed E-state index contributed by atoms with van der Waals surface area (Å²) in [5.74, 6) is -3.52. The third-order valence-electron chi connectivity index (χ3n) is 7.22. The van der Waals surface area contributed by atoms with E-state index >= 15 is 0 Å². The van der Waals surface area contributed by atoms with E-state index in [1.807, 2.05) is 6.92 Å². The van der Waals surface area contributed by atoms with Gasteiger partial charge in [-0.05, 0) is 25.8 Å². The van der Waals surface area contributed by atoms with Crippen molar-refractivity contribution in [1.29, 1.82) is 0 Å². The van der Waals surface area contributed by atoms with Gasteiger partial charge in [0.25, 0.3) is 11.8 Å². The molecule has 3 atom stereocenters. The molecule has 1 unspecified atom stereocenters. The molecule has 12 heteroatoms. The van der Waals surface area contributed by atoms with Gasteiger partial charge in [0.15, 0.2) is 17.0 Å². The first-order chi connectivity index (χ1) is 17.1. The van der Waals surface area contributed by atoms with Crippen LogP contribution < -0.4 is 10.7 Å². The number of pyridine rings is 1. The van der Waals surface area contributed by atoms with E-state index in [0.29, 0.717) is 31.2 Å². The Bertz CT molecular complexity index is 1360. The van der Waals surface area contributed by atoms with Gasteiger partial charge in [0.05, 0.1) is 19.6 Å². The van der Waals surface area contributed by atoms with E-state index in [0.717, 1.165) is 6.07 Å². The predicted octanol–water partition coefficient (Wildman–Crippen LogP) is 2.06. The zero-order valence-electron chi connectivity index (χ0n) is 19.6. The van der Waals surface area contributed by atoms with E-state index in [2.05, 4.69) is 10.5 Å². The Morgan fingerprint density at radius 3 is 2.83 bits per heavy atom. The number of carbonyl (C=O) groups is 2. The number of methoxy groups -OCH3 is 1. The van der Waals surface area contributed by atoms with Crippen molar-refractivity contribution in [2.75, 3.05) is 13.7 Å². The van der Waals surface area contributed by atoms with Crippen LogP contribution in [0.15, 0.2) is 34.3 Å². The molecule has 1 spiro atoms. The molecule has 1 aromatic carbocycles. The van der Waals surface area contributed by atoms with E-state index in [9.17, 15) is 28.3 Å². The number of aromatic hydroxyl groups is 1. The number of carbonyl (C=O) groups excluding carboxylic acids is 2. The first-order valence-electron chi connectivity index (χ1n) is 11.5. The molecule has 4 heterocycles. The van der Waals surface area contributed by atoms with Crippen LogP contribution in [-0.4, -0.2) is 57.6 Å². The third kappa shape index (κ3) is 3.67. The standard InChI is InChI=1S/C24H24F2N4O6/c1-12-5-6-24(8-18(35-2)28-36-24)17-11-29(12)23(34)19-21(32)20(31)15(10-30(17)19)22(33)27-9-13-3-4-14(25)7-16(13)26/h3-4,7,10,12,17,32H,5-6,8-9,11H2,1-2H3,(H,27,33)/t12?,17-,24+/m1/s1. The highest BCUT2D eigenvalue weighted by Crippen LogP contribution is 2.46. The van der Waals surface area contributed by atoms with Crippen molar-refractivity contribution in [3.63, 3.8) is 0 Å². The second-order valence-electron chi connectivity index (χ2n) is 9.28. The van der Waals surface area contributed by atoms with Gasteiger partial charge >= 0.3 is 0 Å². The molecule has 1 saturated heterocycles. The van der Waals surface area contributed by atoms with Crippen LogP contribution in [0, 0.1) is 11.6 Å². The van der Waals surface area contributed by atoms with Crippen LogP contribution in [0.2, 0.25) is 0 Å². The minimum atomic E-state index is -1.03. The fourth-order valence-electron chi connectivity index (χ4n) is 5.13. The Balaban J connectivity index is 1.54. The number of rotatable bonds is 3. The molecule has 10 nitrogen and oxygen atoms in total. The molecule has 190 valence electrons. The molecular formula is C24H24F2N4O6. The van der Waals surface area contributed by atoms with Crippen LogP contribution in [0.25, 0.3) is 0 Å². The summed E-state index contributed by atoms with van der Waals surface area (Å²) in [6, 6.07) is 2.14. The van der Waals surface area contributed by atoms with Crippen molar-refractivity contribution < 1.29 is 33.1 Å². The average molecular weight is 502 g/mol. The molecule has 5 rings (SSSR count). The first-order valence-corrected chi connectivity index (χ1v) is 11.5. The van der Waals surface area contributed by atoms with E-state index in [4.69, 9.17) is 9.57 Å². The molecule has 0 saturated carbocycles. The summed E-state index contributed by atoms with van der Waals surface area (Å²) in [4.78, 5) is 46.6. The normalized spacial score (nSPS) is 24.6. The zero-order chi connectivity index (χ0) is 25.8. The quantitative estimate of drug-likeness (QED) is 0.663. The molecule has 1 aromatic heterocycles. The van der Waals surface area contributed by atoms with E-state index in [-0.39, 0.29) is 30.4 Å². The van der Waals surface area contributed by atoms with Crippen LogP contribution in [0.3, 0.4) is 0 Å². The van der Waals surface area contributed by atoms with Gasteiger partial charge in [-0.2, -0.15) is 0 Å². The van der Waals surface area contributed by atoms with Crippen LogP contribution >= 0.6 is 0 Å². The number of halogens is 2. The van der Waals surface area contributed by atoms with Crippen molar-refractivity contribution in [2.24, 2.45) is 5.16 Å². The number of ether oxygens (including phenoxy) is 1. The number of hydrogen-bond acceptors (Lipinski definition) is 7. The van der Waals surface area contributed by atoms with Gasteiger partial charge < -0.3 is 29.5 Å². The van der Waals surface area contributed by atoms with Crippen LogP contribution in [0.4, 0.5) is 8.78 Å². The maximum atomic E-state index is 14.0. The lowest BCUT2D eigenvalue weighted by atomic mass is 9.85. The van der Waals surface area contributed by atoms with Crippen molar-refractivity contribution in [3.8, 4) is 5.75 Å². The smallest absolute Gasteiger partial charge is 0.274 e. The van der Waals surface area contributed by atoms with Gasteiger partial charge in [0, 0.05) is 37.0 Å². The summed E-state index contributed by atoms with van der Waals surface area (Å²) in [6.45, 7) is 1.77. The molecule has 3 aliphatic rings. The summed E-state index contributed by atoms with van der Waals surface area (Å²) in [6.07, 6.45) is 2.63. The summed E-state index contributed by atoms with van der Waals surface area (Å²) < 4.78 is 33.8. The minimum absolute atomic E-state index is 0.0122. The largest absolute Gasteiger partial charge is 0.503 e. The fraction of sp³-hybridized carbons (Fsp3) is 0.417. The highest BCUT2D eigenvalue weighted by Gasteiger charge is 2.54. The van der Waals surface area contributed by atoms with Crippen molar-refractivity contribution in [3.05, 3.63) is 63.1 Å². The van der Waals surface area contributed by atoms with Crippen molar-refractivity contribution >= 4 is 17.7 Å². The highest BCUT2D eigenvalue weighted by atomic mass is 19.1. The van der Waals surface area contributed by atoms with Crippen LogP contribution in [0.1, 0.15) is 58.6 Å². The predicted molar refractivity (Wildman–Crippen MR) is 122 cm³/mol. The lowest BCUT2D eigenvalue weighted by Crippen LogP contribution is -2.52. The third-order valence-corrected chi connectivity index (χ3v) is 7.22. The zero-order valence-corrected chi connectivity index (χ0v) is 19.6. The van der Waals surface area contributed by atoms with Crippen molar-refractivity contribution in [1.82, 2.24) is 14.8 Å². The maximum Gasteiger partial charge on any atom is 0.274 e. The molecule has 2 N–H and O–H groups in total. The molecule has 2 amide bonds.